The summed E-state index contributed by atoms with van der Waals surface area (Å²) in [5, 5.41) is 20.3. The third kappa shape index (κ3) is 9.83. The summed E-state index contributed by atoms with van der Waals surface area (Å²) in [6.07, 6.45) is 4.08. The minimum atomic E-state index is 0.982. The van der Waals surface area contributed by atoms with Gasteiger partial charge in [-0.25, -0.2) is 0 Å². The second-order valence-electron chi connectivity index (χ2n) is 25.4. The average molecular weight is 1280 g/mol. The lowest BCUT2D eigenvalue weighted by Gasteiger charge is -2.17. The monoisotopic (exact) mass is 1280 g/mol. The molecule has 4 heteroatoms. The molecule has 0 atom stereocenters. The number of thiophene rings is 2. The van der Waals surface area contributed by atoms with E-state index in [2.05, 4.69) is 340 Å². The highest BCUT2D eigenvalue weighted by Gasteiger charge is 2.21. The lowest BCUT2D eigenvalue weighted by molar-refractivity contribution is 1.34. The molecule has 0 spiro atoms. The molecule has 4 heterocycles. The van der Waals surface area contributed by atoms with E-state index in [-0.39, 0.29) is 0 Å². The highest BCUT2D eigenvalue weighted by Crippen LogP contribution is 2.48. The molecule has 0 aliphatic heterocycles. The molecule has 0 saturated heterocycles. The van der Waals surface area contributed by atoms with Crippen LogP contribution in [0.25, 0.3) is 194 Å². The van der Waals surface area contributed by atoms with E-state index in [9.17, 15) is 0 Å². The van der Waals surface area contributed by atoms with Crippen molar-refractivity contribution in [3.05, 3.63) is 352 Å². The normalized spacial score (nSPS) is 11.7. The van der Waals surface area contributed by atoms with Gasteiger partial charge in [0, 0.05) is 75.0 Å². The molecule has 0 unspecified atom stereocenters. The molecule has 0 amide bonds. The van der Waals surface area contributed by atoms with Crippen molar-refractivity contribution >= 4 is 128 Å². The van der Waals surface area contributed by atoms with Crippen LogP contribution in [-0.2, 0) is 0 Å². The van der Waals surface area contributed by atoms with Gasteiger partial charge in [0.25, 0.3) is 0 Å². The van der Waals surface area contributed by atoms with E-state index < -0.39 is 0 Å². The van der Waals surface area contributed by atoms with Gasteiger partial charge in [0.1, 0.15) is 0 Å². The van der Waals surface area contributed by atoms with Crippen molar-refractivity contribution in [2.24, 2.45) is 0 Å². The molecule has 0 aliphatic rings. The molecule has 456 valence electrons. The Morgan fingerprint density at radius 1 is 0.173 bits per heavy atom. The minimum Gasteiger partial charge on any atom is -0.256 e. The maximum Gasteiger partial charge on any atom is 0.0714 e. The van der Waals surface area contributed by atoms with Gasteiger partial charge in [-0.1, -0.05) is 309 Å². The molecule has 0 fully saturated rings. The van der Waals surface area contributed by atoms with Crippen LogP contribution in [0.4, 0.5) is 0 Å². The summed E-state index contributed by atoms with van der Waals surface area (Å²) >= 11 is 3.76. The third-order valence-electron chi connectivity index (χ3n) is 19.9. The summed E-state index contributed by atoms with van der Waals surface area (Å²) in [5.74, 6) is 0. The molecule has 0 aliphatic carbocycles. The predicted molar refractivity (Wildman–Crippen MR) is 423 cm³/mol. The summed E-state index contributed by atoms with van der Waals surface area (Å²) in [6.45, 7) is 0. The molecule has 16 aromatic carbocycles. The summed E-state index contributed by atoms with van der Waals surface area (Å²) in [7, 11) is 0. The van der Waals surface area contributed by atoms with Gasteiger partial charge in [0.05, 0.1) is 11.4 Å². The van der Waals surface area contributed by atoms with Crippen LogP contribution in [0, 0.1) is 0 Å². The summed E-state index contributed by atoms with van der Waals surface area (Å²) in [4.78, 5) is 10.3. The largest absolute Gasteiger partial charge is 0.256 e. The fraction of sp³-hybridized carbons (Fsp3) is 0. The van der Waals surface area contributed by atoms with Crippen LogP contribution in [0.1, 0.15) is 0 Å². The van der Waals surface area contributed by atoms with E-state index in [1.807, 2.05) is 35.1 Å². The number of pyridine rings is 2. The Balaban J connectivity index is 0.000000137. The number of rotatable bonds is 8. The summed E-state index contributed by atoms with van der Waals surface area (Å²) < 4.78 is 5.32. The van der Waals surface area contributed by atoms with Crippen LogP contribution in [0.3, 0.4) is 0 Å². The number of fused-ring (bicyclic) bond motifs is 14. The minimum absolute atomic E-state index is 0.982. The first-order chi connectivity index (χ1) is 48.6. The Labute approximate surface area is 574 Å². The van der Waals surface area contributed by atoms with Crippen molar-refractivity contribution in [3.8, 4) is 89.3 Å². The second-order valence-corrected chi connectivity index (χ2v) is 27.5. The van der Waals surface area contributed by atoms with E-state index in [4.69, 9.17) is 9.97 Å². The average Bonchev–Trinajstić information content (AvgIpc) is 0.784. The third-order valence-corrected chi connectivity index (χ3v) is 22.3. The van der Waals surface area contributed by atoms with Crippen molar-refractivity contribution in [2.45, 2.75) is 0 Å². The van der Waals surface area contributed by atoms with E-state index in [1.165, 1.54) is 172 Å². The van der Waals surface area contributed by atoms with Crippen molar-refractivity contribution in [2.75, 3.05) is 0 Å². The highest BCUT2D eigenvalue weighted by molar-refractivity contribution is 7.27. The Morgan fingerprint density at radius 3 is 0.918 bits per heavy atom. The molecule has 0 radical (unpaired) electrons. The van der Waals surface area contributed by atoms with E-state index in [0.29, 0.717) is 0 Å². The number of hydrogen-bond acceptors (Lipinski definition) is 4. The zero-order valence-electron chi connectivity index (χ0n) is 53.2. The Hall–Kier alpha value is -12.2. The zero-order valence-corrected chi connectivity index (χ0v) is 54.8. The van der Waals surface area contributed by atoms with Crippen LogP contribution >= 0.6 is 22.7 Å². The number of nitrogens with zero attached hydrogens (tertiary/aromatic N) is 2. The van der Waals surface area contributed by atoms with Crippen LogP contribution in [0.15, 0.2) is 352 Å². The topological polar surface area (TPSA) is 25.8 Å². The molecular formula is C94H58N2S2. The van der Waals surface area contributed by atoms with Gasteiger partial charge in [-0.3, -0.25) is 9.97 Å². The molecule has 20 aromatic rings. The first-order valence-corrected chi connectivity index (χ1v) is 35.0. The first kappa shape index (κ1) is 57.3. The SMILES string of the molecule is c1ccc(-c2ccc(-c3c4ccccc4c(-c4ccc(-c5ccc6c(c5)sc5c7ccccc7ccc65)cn4)c4ccccc34)cc2)cc1.c1ccc(-c2ccc(-c3c4ccccc4c(-c4ccc(-c5ccc6sc7c8ccccc8ccc7c6c5)cn4)c4ccccc34)cc2)cc1. The standard InChI is InChI=1S/2C47H29NS/c1-2-10-30(11-3-1)31-18-20-33(21-19-31)45-38-14-6-8-16-40(38)46(41-17-9-7-15-39(41)45)43-27-24-35(29-48-43)34-23-25-37-42-26-22-32-12-4-5-13-36(32)47(42)49-44(37)28-34;1-2-10-30(11-3-1)31-18-20-33(21-19-31)45-37-14-6-8-16-39(37)46(40-17-9-7-15-38(40)45)43-26-23-35(29-48-43)34-24-27-44-42(28-34)41-25-22-32-12-4-5-13-36(32)47(41)49-44/h2*1-29H. The number of hydrogen-bond donors (Lipinski definition) is 0. The number of aromatic nitrogens is 2. The molecule has 0 bridgehead atoms. The molecule has 98 heavy (non-hydrogen) atoms. The van der Waals surface area contributed by atoms with Crippen molar-refractivity contribution in [1.82, 2.24) is 9.97 Å². The Bertz CT molecular complexity index is 6340. The van der Waals surface area contributed by atoms with Gasteiger partial charge in [0.2, 0.25) is 0 Å². The van der Waals surface area contributed by atoms with Gasteiger partial charge in [0.15, 0.2) is 0 Å². The van der Waals surface area contributed by atoms with Crippen molar-refractivity contribution in [1.29, 1.82) is 0 Å². The van der Waals surface area contributed by atoms with Gasteiger partial charge >= 0.3 is 0 Å². The van der Waals surface area contributed by atoms with Gasteiger partial charge in [-0.2, -0.15) is 0 Å². The van der Waals surface area contributed by atoms with Gasteiger partial charge < -0.3 is 0 Å². The maximum absolute atomic E-state index is 5.15. The van der Waals surface area contributed by atoms with Crippen LogP contribution in [-0.4, -0.2) is 9.97 Å². The predicted octanol–water partition coefficient (Wildman–Crippen LogP) is 27.2. The fourth-order valence-corrected chi connectivity index (χ4v) is 17.6. The number of benzene rings is 16. The fourth-order valence-electron chi connectivity index (χ4n) is 15.1. The molecule has 0 N–H and O–H groups in total. The van der Waals surface area contributed by atoms with Gasteiger partial charge in [-0.15, -0.1) is 22.7 Å². The molecule has 4 aromatic heterocycles. The molecular weight excluding hydrogens is 1220 g/mol. The lowest BCUT2D eigenvalue weighted by Crippen LogP contribution is -1.92. The Kier molecular flexibility index (Phi) is 14.0. The first-order valence-electron chi connectivity index (χ1n) is 33.4. The van der Waals surface area contributed by atoms with Gasteiger partial charge in [-0.05, 0) is 151 Å². The van der Waals surface area contributed by atoms with Crippen LogP contribution in [0.5, 0.6) is 0 Å². The van der Waals surface area contributed by atoms with Crippen molar-refractivity contribution < 1.29 is 0 Å². The van der Waals surface area contributed by atoms with Crippen molar-refractivity contribution in [3.63, 3.8) is 0 Å². The Morgan fingerprint density at radius 2 is 0.490 bits per heavy atom. The summed E-state index contributed by atoms with van der Waals surface area (Å²) in [6, 6.07) is 123. The van der Waals surface area contributed by atoms with E-state index >= 15 is 0 Å². The second kappa shape index (κ2) is 23.9. The lowest BCUT2D eigenvalue weighted by atomic mass is 9.87. The smallest absolute Gasteiger partial charge is 0.0714 e. The molecule has 0 saturated carbocycles. The molecule has 2 nitrogen and oxygen atoms in total. The quantitative estimate of drug-likeness (QED) is 0.142. The maximum atomic E-state index is 5.15. The highest BCUT2D eigenvalue weighted by atomic mass is 32.1. The molecule has 20 rings (SSSR count). The summed E-state index contributed by atoms with van der Waals surface area (Å²) in [5.41, 5.74) is 18.8. The zero-order chi connectivity index (χ0) is 64.6. The van der Waals surface area contributed by atoms with E-state index in [0.717, 1.165) is 22.5 Å². The van der Waals surface area contributed by atoms with E-state index in [1.54, 1.807) is 0 Å². The van der Waals surface area contributed by atoms with Crippen LogP contribution in [0.2, 0.25) is 0 Å². The van der Waals surface area contributed by atoms with Crippen LogP contribution < -0.4 is 0 Å².